The molecule has 3 rings (SSSR count). The zero-order valence-corrected chi connectivity index (χ0v) is 19.0. The fourth-order valence-corrected chi connectivity index (χ4v) is 4.39. The number of fused-ring (bicyclic) bond motifs is 1. The second kappa shape index (κ2) is 10.0. The summed E-state index contributed by atoms with van der Waals surface area (Å²) in [6.45, 7) is 7.93. The number of nitrogens with two attached hydrogens (primary N) is 1. The molecule has 3 N–H and O–H groups in total. The Balaban J connectivity index is 1.74. The van der Waals surface area contributed by atoms with Gasteiger partial charge in [0.25, 0.3) is 5.91 Å². The van der Waals surface area contributed by atoms with Crippen LogP contribution in [0.1, 0.15) is 29.8 Å². The lowest BCUT2D eigenvalue weighted by Crippen LogP contribution is -2.34. The molecule has 0 bridgehead atoms. The highest BCUT2D eigenvalue weighted by molar-refractivity contribution is 9.10. The summed E-state index contributed by atoms with van der Waals surface area (Å²) in [5, 5.41) is 5.77. The largest absolute Gasteiger partial charge is 0.489 e. The first kappa shape index (κ1) is 21.5. The molecule has 8 heteroatoms. The van der Waals surface area contributed by atoms with Crippen molar-refractivity contribution in [1.29, 1.82) is 0 Å². The Labute approximate surface area is 183 Å². The number of nitrogens with one attached hydrogen (secondary N) is 1. The van der Waals surface area contributed by atoms with Crippen LogP contribution in [0, 0.1) is 0 Å². The van der Waals surface area contributed by atoms with E-state index in [1.54, 1.807) is 6.20 Å². The number of amides is 1. The van der Waals surface area contributed by atoms with Gasteiger partial charge in [-0.25, -0.2) is 4.98 Å². The third kappa shape index (κ3) is 5.26. The zero-order chi connectivity index (χ0) is 20.8. The Bertz CT molecular complexity index is 971. The van der Waals surface area contributed by atoms with Crippen molar-refractivity contribution in [3.8, 4) is 5.75 Å². The number of benzene rings is 1. The van der Waals surface area contributed by atoms with E-state index in [0.29, 0.717) is 24.5 Å². The molecule has 1 amide bonds. The number of rotatable bonds is 9. The van der Waals surface area contributed by atoms with Crippen LogP contribution in [0.5, 0.6) is 5.75 Å². The Morgan fingerprint density at radius 2 is 2.00 bits per heavy atom. The first-order valence-electron chi connectivity index (χ1n) is 9.56. The summed E-state index contributed by atoms with van der Waals surface area (Å²) in [6.07, 6.45) is 1.56. The van der Waals surface area contributed by atoms with Crippen molar-refractivity contribution in [1.82, 2.24) is 15.2 Å². The highest BCUT2D eigenvalue weighted by Crippen LogP contribution is 2.33. The van der Waals surface area contributed by atoms with Crippen LogP contribution in [-0.4, -0.2) is 42.0 Å². The van der Waals surface area contributed by atoms with Crippen LogP contribution in [0.2, 0.25) is 0 Å². The van der Waals surface area contributed by atoms with Gasteiger partial charge in [0.1, 0.15) is 18.2 Å². The number of likely N-dealkylation sites (N-methyl/N-ethyl adjacent to an activating group) is 1. The first-order valence-corrected chi connectivity index (χ1v) is 11.2. The molecule has 0 saturated carbocycles. The third-order valence-electron chi connectivity index (χ3n) is 4.76. The van der Waals surface area contributed by atoms with E-state index in [4.69, 9.17) is 10.5 Å². The molecule has 1 aromatic carbocycles. The number of halogens is 1. The van der Waals surface area contributed by atoms with Gasteiger partial charge in [-0.15, -0.1) is 11.3 Å². The summed E-state index contributed by atoms with van der Waals surface area (Å²) < 4.78 is 7.72. The van der Waals surface area contributed by atoms with E-state index in [2.05, 4.69) is 45.0 Å². The number of aromatic nitrogens is 1. The number of thiophene rings is 1. The molecule has 0 unspecified atom stereocenters. The van der Waals surface area contributed by atoms with Gasteiger partial charge < -0.3 is 20.7 Å². The van der Waals surface area contributed by atoms with E-state index >= 15 is 0 Å². The van der Waals surface area contributed by atoms with Crippen LogP contribution in [0.25, 0.3) is 10.1 Å². The number of hydrogen-bond donors (Lipinski definition) is 2. The standard InChI is InChI=1S/C21H25BrN4O2S/c1-3-26(4-2)10-9-24-21(27)17-11-25-20(23)18-14(13-29-19(17)18)12-28-16-7-5-15(22)6-8-16/h5-8,11,13H,3-4,9-10,12H2,1-2H3,(H2,23,25)(H,24,27). The molecule has 3 aromatic rings. The third-order valence-corrected chi connectivity index (χ3v) is 6.35. The smallest absolute Gasteiger partial charge is 0.254 e. The van der Waals surface area contributed by atoms with Gasteiger partial charge >= 0.3 is 0 Å². The fourth-order valence-electron chi connectivity index (χ4n) is 3.05. The fraction of sp³-hybridized carbons (Fsp3) is 0.333. The van der Waals surface area contributed by atoms with Crippen molar-refractivity contribution in [2.75, 3.05) is 31.9 Å². The van der Waals surface area contributed by atoms with Gasteiger partial charge in [-0.2, -0.15) is 0 Å². The summed E-state index contributed by atoms with van der Waals surface area (Å²) >= 11 is 4.90. The Morgan fingerprint density at radius 3 is 2.69 bits per heavy atom. The average molecular weight is 477 g/mol. The maximum Gasteiger partial charge on any atom is 0.254 e. The highest BCUT2D eigenvalue weighted by atomic mass is 79.9. The number of nitrogen functional groups attached to an aromatic ring is 1. The van der Waals surface area contributed by atoms with Crippen LogP contribution >= 0.6 is 27.3 Å². The Kier molecular flexibility index (Phi) is 7.46. The number of ether oxygens (including phenoxy) is 1. The lowest BCUT2D eigenvalue weighted by atomic mass is 10.1. The van der Waals surface area contributed by atoms with Crippen molar-refractivity contribution in [2.45, 2.75) is 20.5 Å². The van der Waals surface area contributed by atoms with E-state index in [0.717, 1.165) is 45.5 Å². The molecule has 0 aliphatic carbocycles. The Morgan fingerprint density at radius 1 is 1.28 bits per heavy atom. The topological polar surface area (TPSA) is 80.5 Å². The number of nitrogens with zero attached hydrogens (tertiary/aromatic N) is 2. The molecule has 0 fully saturated rings. The number of carbonyl (C=O) groups excluding carboxylic acids is 1. The highest BCUT2D eigenvalue weighted by Gasteiger charge is 2.17. The predicted octanol–water partition coefficient (Wildman–Crippen LogP) is 4.29. The molecular formula is C21H25BrN4O2S. The monoisotopic (exact) mass is 476 g/mol. The lowest BCUT2D eigenvalue weighted by Gasteiger charge is -2.18. The van der Waals surface area contributed by atoms with Crippen LogP contribution in [0.15, 0.2) is 40.3 Å². The van der Waals surface area contributed by atoms with Crippen LogP contribution in [-0.2, 0) is 6.61 Å². The molecule has 2 aromatic heterocycles. The quantitative estimate of drug-likeness (QED) is 0.481. The molecule has 6 nitrogen and oxygen atoms in total. The van der Waals surface area contributed by atoms with Gasteiger partial charge in [0.15, 0.2) is 0 Å². The van der Waals surface area contributed by atoms with E-state index in [1.807, 2.05) is 29.6 Å². The number of hydrogen-bond acceptors (Lipinski definition) is 6. The van der Waals surface area contributed by atoms with Crippen LogP contribution in [0.3, 0.4) is 0 Å². The second-order valence-electron chi connectivity index (χ2n) is 6.55. The van der Waals surface area contributed by atoms with Crippen molar-refractivity contribution in [3.05, 3.63) is 51.4 Å². The molecule has 0 aliphatic rings. The molecule has 0 aliphatic heterocycles. The van der Waals surface area contributed by atoms with Crippen molar-refractivity contribution in [2.24, 2.45) is 0 Å². The number of pyridine rings is 1. The minimum atomic E-state index is -0.128. The van der Waals surface area contributed by atoms with Crippen LogP contribution < -0.4 is 15.8 Å². The van der Waals surface area contributed by atoms with Gasteiger partial charge in [0.2, 0.25) is 0 Å². The Hall–Kier alpha value is -2.16. The molecular weight excluding hydrogens is 452 g/mol. The van der Waals surface area contributed by atoms with E-state index in [9.17, 15) is 4.79 Å². The summed E-state index contributed by atoms with van der Waals surface area (Å²) in [4.78, 5) is 19.2. The van der Waals surface area contributed by atoms with Gasteiger partial charge in [0.05, 0.1) is 10.3 Å². The van der Waals surface area contributed by atoms with Gasteiger partial charge in [-0.05, 0) is 42.7 Å². The zero-order valence-electron chi connectivity index (χ0n) is 16.6. The van der Waals surface area contributed by atoms with Crippen molar-refractivity contribution < 1.29 is 9.53 Å². The molecule has 2 heterocycles. The average Bonchev–Trinajstić information content (AvgIpc) is 3.16. The number of carbonyl (C=O) groups is 1. The minimum absolute atomic E-state index is 0.128. The molecule has 0 spiro atoms. The summed E-state index contributed by atoms with van der Waals surface area (Å²) in [7, 11) is 0. The summed E-state index contributed by atoms with van der Waals surface area (Å²) in [5.74, 6) is 1.05. The van der Waals surface area contributed by atoms with E-state index in [-0.39, 0.29) is 5.91 Å². The number of anilines is 1. The SMILES string of the molecule is CCN(CC)CCNC(=O)c1cnc(N)c2c(COc3ccc(Br)cc3)csc12. The van der Waals surface area contributed by atoms with Gasteiger partial charge in [0, 0.05) is 34.7 Å². The summed E-state index contributed by atoms with van der Waals surface area (Å²) in [5.41, 5.74) is 7.61. The first-order chi connectivity index (χ1) is 14.0. The lowest BCUT2D eigenvalue weighted by molar-refractivity contribution is 0.0950. The molecule has 154 valence electrons. The van der Waals surface area contributed by atoms with Crippen molar-refractivity contribution in [3.63, 3.8) is 0 Å². The second-order valence-corrected chi connectivity index (χ2v) is 8.34. The molecule has 0 saturated heterocycles. The van der Waals surface area contributed by atoms with Gasteiger partial charge in [-0.3, -0.25) is 4.79 Å². The maximum atomic E-state index is 12.7. The molecule has 0 atom stereocenters. The maximum absolute atomic E-state index is 12.7. The normalized spacial score (nSPS) is 11.2. The summed E-state index contributed by atoms with van der Waals surface area (Å²) in [6, 6.07) is 7.65. The van der Waals surface area contributed by atoms with Gasteiger partial charge in [-0.1, -0.05) is 29.8 Å². The van der Waals surface area contributed by atoms with Crippen LogP contribution in [0.4, 0.5) is 5.82 Å². The van der Waals surface area contributed by atoms with E-state index < -0.39 is 0 Å². The minimum Gasteiger partial charge on any atom is -0.489 e. The molecule has 29 heavy (non-hydrogen) atoms. The van der Waals surface area contributed by atoms with E-state index in [1.165, 1.54) is 11.3 Å². The van der Waals surface area contributed by atoms with Crippen molar-refractivity contribution >= 4 is 49.1 Å². The predicted molar refractivity (Wildman–Crippen MR) is 123 cm³/mol. The molecule has 0 radical (unpaired) electrons.